The van der Waals surface area contributed by atoms with Gasteiger partial charge in [-0.25, -0.2) is 0 Å². The molecule has 0 aromatic carbocycles. The summed E-state index contributed by atoms with van der Waals surface area (Å²) in [6.07, 6.45) is 1.88. The molecule has 1 aliphatic carbocycles. The fourth-order valence-corrected chi connectivity index (χ4v) is 2.90. The number of carbonyl (C=O) groups excluding carboxylic acids is 1. The minimum absolute atomic E-state index is 0.128. The van der Waals surface area contributed by atoms with E-state index < -0.39 is 17.5 Å². The Morgan fingerprint density at radius 3 is 2.30 bits per heavy atom. The second-order valence-corrected chi connectivity index (χ2v) is 6.37. The number of aliphatic hydroxyl groups is 1. The molecule has 20 heavy (non-hydrogen) atoms. The molecule has 4 N–H and O–H groups in total. The van der Waals surface area contributed by atoms with Crippen molar-refractivity contribution in [2.75, 3.05) is 19.6 Å². The van der Waals surface area contributed by atoms with Crippen LogP contribution in [0.15, 0.2) is 0 Å². The van der Waals surface area contributed by atoms with E-state index in [1.807, 2.05) is 18.7 Å². The number of primary amides is 1. The van der Waals surface area contributed by atoms with Gasteiger partial charge in [-0.15, -0.1) is 0 Å². The van der Waals surface area contributed by atoms with Crippen LogP contribution in [-0.2, 0) is 9.59 Å². The summed E-state index contributed by atoms with van der Waals surface area (Å²) < 4.78 is 0. The summed E-state index contributed by atoms with van der Waals surface area (Å²) in [5, 5.41) is 19.6. The molecule has 1 amide bonds. The van der Waals surface area contributed by atoms with E-state index in [9.17, 15) is 14.7 Å². The van der Waals surface area contributed by atoms with E-state index in [0.717, 1.165) is 0 Å². The van der Waals surface area contributed by atoms with Crippen LogP contribution in [0.25, 0.3) is 0 Å². The first kappa shape index (κ1) is 16.9. The van der Waals surface area contributed by atoms with Crippen LogP contribution in [0.1, 0.15) is 39.5 Å². The lowest BCUT2D eigenvalue weighted by atomic mass is 9.78. The molecule has 0 heterocycles. The molecule has 0 aliphatic heterocycles. The van der Waals surface area contributed by atoms with Crippen molar-refractivity contribution in [3.05, 3.63) is 0 Å². The quantitative estimate of drug-likeness (QED) is 0.630. The van der Waals surface area contributed by atoms with Gasteiger partial charge in [-0.1, -0.05) is 13.8 Å². The van der Waals surface area contributed by atoms with Crippen molar-refractivity contribution in [1.29, 1.82) is 0 Å². The summed E-state index contributed by atoms with van der Waals surface area (Å²) in [4.78, 5) is 23.9. The Bertz CT molecular complexity index is 349. The average Bonchev–Trinajstić information content (AvgIpc) is 2.26. The Hall–Kier alpha value is -1.14. The van der Waals surface area contributed by atoms with Crippen LogP contribution in [-0.4, -0.2) is 52.2 Å². The SMILES string of the molecule is CC(C)CN(CC(N)=O)CC1(O)CCC(C(=O)O)CC1. The molecule has 0 spiro atoms. The summed E-state index contributed by atoms with van der Waals surface area (Å²) >= 11 is 0. The van der Waals surface area contributed by atoms with Crippen molar-refractivity contribution in [3.63, 3.8) is 0 Å². The topological polar surface area (TPSA) is 104 Å². The molecule has 0 radical (unpaired) electrons. The lowest BCUT2D eigenvalue weighted by molar-refractivity contribution is -0.145. The normalized spacial score (nSPS) is 26.9. The highest BCUT2D eigenvalue weighted by molar-refractivity contribution is 5.75. The number of aliphatic carboxylic acids is 1. The van der Waals surface area contributed by atoms with Crippen molar-refractivity contribution < 1.29 is 19.8 Å². The first-order valence-corrected chi connectivity index (χ1v) is 7.18. The zero-order valence-electron chi connectivity index (χ0n) is 12.3. The number of carboxylic acids is 1. The van der Waals surface area contributed by atoms with Crippen LogP contribution >= 0.6 is 0 Å². The number of carboxylic acid groups (broad SMARTS) is 1. The average molecular weight is 286 g/mol. The van der Waals surface area contributed by atoms with Crippen molar-refractivity contribution in [1.82, 2.24) is 4.90 Å². The smallest absolute Gasteiger partial charge is 0.306 e. The molecular weight excluding hydrogens is 260 g/mol. The van der Waals surface area contributed by atoms with Gasteiger partial charge in [0.05, 0.1) is 18.1 Å². The third-order valence-corrected chi connectivity index (χ3v) is 3.79. The van der Waals surface area contributed by atoms with E-state index in [1.165, 1.54) is 0 Å². The van der Waals surface area contributed by atoms with Crippen molar-refractivity contribution in [3.8, 4) is 0 Å². The van der Waals surface area contributed by atoms with E-state index in [4.69, 9.17) is 10.8 Å². The van der Waals surface area contributed by atoms with E-state index in [2.05, 4.69) is 0 Å². The molecule has 6 heteroatoms. The van der Waals surface area contributed by atoms with Gasteiger partial charge in [-0.2, -0.15) is 0 Å². The second kappa shape index (κ2) is 7.04. The summed E-state index contributed by atoms with van der Waals surface area (Å²) in [7, 11) is 0. The van der Waals surface area contributed by atoms with Crippen molar-refractivity contribution >= 4 is 11.9 Å². The van der Waals surface area contributed by atoms with E-state index >= 15 is 0 Å². The third kappa shape index (κ3) is 5.46. The lowest BCUT2D eigenvalue weighted by Crippen LogP contribution is -2.49. The molecule has 1 aliphatic rings. The first-order chi connectivity index (χ1) is 9.22. The Balaban J connectivity index is 2.58. The molecule has 1 fully saturated rings. The molecule has 6 nitrogen and oxygen atoms in total. The number of carbonyl (C=O) groups is 2. The Labute approximate surface area is 119 Å². The number of hydrogen-bond donors (Lipinski definition) is 3. The number of rotatable bonds is 7. The van der Waals surface area contributed by atoms with Crippen molar-refractivity contribution in [2.45, 2.75) is 45.1 Å². The number of nitrogens with two attached hydrogens (primary N) is 1. The van der Waals surface area contributed by atoms with Gasteiger partial charge >= 0.3 is 5.97 Å². The minimum atomic E-state index is -0.906. The van der Waals surface area contributed by atoms with Crippen LogP contribution in [0.2, 0.25) is 0 Å². The molecule has 0 aromatic rings. The monoisotopic (exact) mass is 286 g/mol. The van der Waals surface area contributed by atoms with Gasteiger partial charge in [0.15, 0.2) is 0 Å². The van der Waals surface area contributed by atoms with Crippen LogP contribution in [0.4, 0.5) is 0 Å². The van der Waals surface area contributed by atoms with Gasteiger partial charge in [-0.05, 0) is 31.6 Å². The molecule has 1 saturated carbocycles. The standard InChI is InChI=1S/C14H26N2O4/c1-10(2)7-16(8-12(15)17)9-14(20)5-3-11(4-6-14)13(18)19/h10-11,20H,3-9H2,1-2H3,(H2,15,17)(H,18,19). The fraction of sp³-hybridized carbons (Fsp3) is 0.857. The molecule has 0 bridgehead atoms. The molecule has 0 atom stereocenters. The van der Waals surface area contributed by atoms with Crippen molar-refractivity contribution in [2.24, 2.45) is 17.6 Å². The zero-order valence-corrected chi connectivity index (χ0v) is 12.3. The molecule has 0 unspecified atom stereocenters. The van der Waals surface area contributed by atoms with Gasteiger partial charge in [0.2, 0.25) is 5.91 Å². The van der Waals surface area contributed by atoms with Gasteiger partial charge in [-0.3, -0.25) is 14.5 Å². The van der Waals surface area contributed by atoms with E-state index in [0.29, 0.717) is 44.7 Å². The summed E-state index contributed by atoms with van der Waals surface area (Å²) in [5.74, 6) is -1.19. The first-order valence-electron chi connectivity index (χ1n) is 7.18. The minimum Gasteiger partial charge on any atom is -0.481 e. The van der Waals surface area contributed by atoms with Gasteiger partial charge < -0.3 is 15.9 Å². The number of hydrogen-bond acceptors (Lipinski definition) is 4. The largest absolute Gasteiger partial charge is 0.481 e. The Morgan fingerprint density at radius 2 is 1.90 bits per heavy atom. The maximum Gasteiger partial charge on any atom is 0.306 e. The van der Waals surface area contributed by atoms with E-state index in [1.54, 1.807) is 0 Å². The molecule has 1 rings (SSSR count). The van der Waals surface area contributed by atoms with Crippen LogP contribution in [0.5, 0.6) is 0 Å². The zero-order chi connectivity index (χ0) is 15.3. The van der Waals surface area contributed by atoms with Crippen LogP contribution < -0.4 is 5.73 Å². The molecule has 0 aromatic heterocycles. The molecular formula is C14H26N2O4. The summed E-state index contributed by atoms with van der Waals surface area (Å²) in [6.45, 7) is 5.27. The van der Waals surface area contributed by atoms with E-state index in [-0.39, 0.29) is 12.5 Å². The summed E-state index contributed by atoms with van der Waals surface area (Å²) in [5.41, 5.74) is 4.33. The predicted molar refractivity (Wildman–Crippen MR) is 75.0 cm³/mol. The summed E-state index contributed by atoms with van der Waals surface area (Å²) in [6, 6.07) is 0. The highest BCUT2D eigenvalue weighted by Crippen LogP contribution is 2.33. The third-order valence-electron chi connectivity index (χ3n) is 3.79. The highest BCUT2D eigenvalue weighted by atomic mass is 16.4. The van der Waals surface area contributed by atoms with Crippen LogP contribution in [0.3, 0.4) is 0 Å². The second-order valence-electron chi connectivity index (χ2n) is 6.37. The van der Waals surface area contributed by atoms with Gasteiger partial charge in [0.1, 0.15) is 0 Å². The Morgan fingerprint density at radius 1 is 1.35 bits per heavy atom. The van der Waals surface area contributed by atoms with Gasteiger partial charge in [0, 0.05) is 13.1 Å². The highest BCUT2D eigenvalue weighted by Gasteiger charge is 2.37. The molecule has 116 valence electrons. The maximum absolute atomic E-state index is 11.1. The maximum atomic E-state index is 11.1. The van der Waals surface area contributed by atoms with Crippen LogP contribution in [0, 0.1) is 11.8 Å². The molecule has 0 saturated heterocycles. The lowest BCUT2D eigenvalue weighted by Gasteiger charge is -2.38. The predicted octanol–water partition coefficient (Wildman–Crippen LogP) is 0.436. The number of amides is 1. The van der Waals surface area contributed by atoms with Gasteiger partial charge in [0.25, 0.3) is 0 Å². The number of nitrogens with zero attached hydrogens (tertiary/aromatic N) is 1. The fourth-order valence-electron chi connectivity index (χ4n) is 2.90. The Kier molecular flexibility index (Phi) is 5.95.